The van der Waals surface area contributed by atoms with Crippen molar-refractivity contribution in [2.45, 2.75) is 241 Å². The molecule has 27 heteroatoms. The Balaban J connectivity index is 3.15. The van der Waals surface area contributed by atoms with E-state index in [1.807, 2.05) is 41.5 Å². The summed E-state index contributed by atoms with van der Waals surface area (Å²) in [4.78, 5) is 175. The molecule has 0 spiro atoms. The Bertz CT molecular complexity index is 2640. The van der Waals surface area contributed by atoms with Crippen molar-refractivity contribution >= 4 is 65.0 Å². The molecule has 13 atom stereocenters. The fraction of sp³-hybridized carbons (Fsp3) is 0.814. The highest BCUT2D eigenvalue weighted by Gasteiger charge is 2.47. The molecule has 0 aliphatic carbocycles. The van der Waals surface area contributed by atoms with Crippen LogP contribution >= 0.6 is 0 Å². The summed E-state index contributed by atoms with van der Waals surface area (Å²) < 4.78 is 11.7. The highest BCUT2D eigenvalue weighted by molar-refractivity contribution is 6.00. The fourth-order valence-corrected chi connectivity index (χ4v) is 12.4. The summed E-state index contributed by atoms with van der Waals surface area (Å²) in [5.74, 6) is -10.6. The standard InChI is InChI=1S/C70H126N12O15/c1-25-27-29-46(13)58(83)57-62(87)73-49(28-26-2)64(89)79(22)54(40-97-35-32-82-30-33-96-34-31-82)67(92)78(21)53(39-70(16,17)95)61(86)74-55(44(9)10)68(93)75(18)50(36-41(3)4)60(85)71-47(14)59(84)72-48(15)63(88)76(19)51(37-42(5)6)65(90)77(20)52(38-43(7)8)66(91)80(23)56(45(11)12)69(94)81(57)24/h25,27,41-58,83,95H,26,28-40H2,1-24H3,(H,71,85)(H,72,84)(H,73,87)(H,74,86)/b27-25+/t46-,47-,48+,49+,50-,51+,52+,53+,54-,55-,56+,57+,58-/m1/s1. The van der Waals surface area contributed by atoms with Crippen LogP contribution in [0.15, 0.2) is 12.2 Å². The van der Waals surface area contributed by atoms with Crippen molar-refractivity contribution in [2.24, 2.45) is 35.5 Å². The summed E-state index contributed by atoms with van der Waals surface area (Å²) in [5, 5.41) is 34.9. The Kier molecular flexibility index (Phi) is 35.9. The van der Waals surface area contributed by atoms with Crippen LogP contribution in [0.25, 0.3) is 0 Å². The van der Waals surface area contributed by atoms with Crippen molar-refractivity contribution < 1.29 is 72.4 Å². The molecule has 2 fully saturated rings. The van der Waals surface area contributed by atoms with Crippen LogP contribution < -0.4 is 21.3 Å². The molecule has 0 unspecified atom stereocenters. The molecule has 0 aromatic carbocycles. The average Bonchev–Trinajstić information content (AvgIpc) is 0.811. The van der Waals surface area contributed by atoms with E-state index in [2.05, 4.69) is 26.2 Å². The summed E-state index contributed by atoms with van der Waals surface area (Å²) in [5.41, 5.74) is -1.62. The largest absolute Gasteiger partial charge is 0.390 e. The zero-order valence-electron chi connectivity index (χ0n) is 63.2. The minimum Gasteiger partial charge on any atom is -0.390 e. The van der Waals surface area contributed by atoms with Crippen molar-refractivity contribution in [3.05, 3.63) is 12.2 Å². The van der Waals surface area contributed by atoms with Crippen LogP contribution in [0.1, 0.15) is 163 Å². The van der Waals surface area contributed by atoms with Gasteiger partial charge in [-0.2, -0.15) is 0 Å². The summed E-state index contributed by atoms with van der Waals surface area (Å²) in [6.07, 6.45) is 2.61. The first-order valence-corrected chi connectivity index (χ1v) is 35.0. The lowest BCUT2D eigenvalue weighted by Crippen LogP contribution is -2.64. The third kappa shape index (κ3) is 25.4. The molecule has 2 heterocycles. The SMILES string of the molecule is C/C=C/C[C@@H](C)[C@@H](O)[C@H]1C(=O)N[C@@H](CCC)C(=O)N(C)[C@H](COCCN2CCOCC2)C(=O)N(C)[C@@H](CC(C)(C)O)C(=O)N[C@H](C(C)C)C(=O)N(C)[C@H](CC(C)C)C(=O)N[C@H](C)C(=O)N[C@@H](C)C(=O)N(C)[C@@H](CC(C)C)C(=O)N(C)[C@@H](CC(C)C)C(=O)N(C)[C@@H](C(C)C)C(=O)N1C. The van der Waals surface area contributed by atoms with Gasteiger partial charge in [0, 0.05) is 75.4 Å². The Morgan fingerprint density at radius 2 is 0.990 bits per heavy atom. The van der Waals surface area contributed by atoms with Crippen molar-refractivity contribution in [1.82, 2.24) is 60.5 Å². The van der Waals surface area contributed by atoms with E-state index in [1.54, 1.807) is 60.6 Å². The van der Waals surface area contributed by atoms with Crippen molar-refractivity contribution in [3.63, 3.8) is 0 Å². The molecular weight excluding hydrogens is 1250 g/mol. The molecule has 556 valence electrons. The second-order valence-electron chi connectivity index (χ2n) is 29.6. The molecule has 6 N–H and O–H groups in total. The topological polar surface area (TPSA) is 321 Å². The second-order valence-corrected chi connectivity index (χ2v) is 29.6. The van der Waals surface area contributed by atoms with E-state index in [0.717, 1.165) is 14.7 Å². The molecule has 0 aromatic heterocycles. The van der Waals surface area contributed by atoms with Crippen molar-refractivity contribution in [1.29, 1.82) is 0 Å². The monoisotopic (exact) mass is 1370 g/mol. The molecule has 11 amide bonds. The van der Waals surface area contributed by atoms with Crippen LogP contribution in [0.3, 0.4) is 0 Å². The number of morpholine rings is 1. The highest BCUT2D eigenvalue weighted by atomic mass is 16.5. The van der Waals surface area contributed by atoms with E-state index in [-0.39, 0.29) is 62.9 Å². The lowest BCUT2D eigenvalue weighted by molar-refractivity contribution is -0.157. The number of aliphatic hydroxyl groups is 2. The third-order valence-corrected chi connectivity index (χ3v) is 18.5. The number of amides is 11. The number of hydrogen-bond donors (Lipinski definition) is 6. The van der Waals surface area contributed by atoms with Crippen molar-refractivity contribution in [2.75, 3.05) is 95.4 Å². The Labute approximate surface area is 579 Å². The van der Waals surface area contributed by atoms with Gasteiger partial charge < -0.3 is 75.3 Å². The van der Waals surface area contributed by atoms with E-state index >= 15 is 33.6 Å². The number of likely N-dealkylation sites (N-methyl/N-ethyl adjacent to an activating group) is 7. The van der Waals surface area contributed by atoms with Gasteiger partial charge >= 0.3 is 0 Å². The number of aliphatic hydroxyl groups excluding tert-OH is 1. The molecule has 0 aromatic rings. The molecule has 0 radical (unpaired) electrons. The van der Waals surface area contributed by atoms with Gasteiger partial charge in [0.1, 0.15) is 66.5 Å². The number of hydrogen-bond acceptors (Lipinski definition) is 16. The highest BCUT2D eigenvalue weighted by Crippen LogP contribution is 2.27. The van der Waals surface area contributed by atoms with Crippen LogP contribution in [0.2, 0.25) is 0 Å². The number of carbonyl (C=O) groups excluding carboxylic acids is 11. The van der Waals surface area contributed by atoms with Crippen LogP contribution in [0.4, 0.5) is 0 Å². The quantitative estimate of drug-likeness (QED) is 0.0710. The number of carbonyl (C=O) groups is 11. The number of allylic oxidation sites excluding steroid dienone is 2. The van der Waals surface area contributed by atoms with E-state index in [9.17, 15) is 29.4 Å². The maximum atomic E-state index is 15.4. The van der Waals surface area contributed by atoms with Gasteiger partial charge in [-0.05, 0) is 102 Å². The Hall–Kier alpha value is -6.29. The van der Waals surface area contributed by atoms with Gasteiger partial charge in [0.2, 0.25) is 65.0 Å². The van der Waals surface area contributed by atoms with E-state index in [4.69, 9.17) is 9.47 Å². The summed E-state index contributed by atoms with van der Waals surface area (Å²) in [7, 11) is 9.76. The van der Waals surface area contributed by atoms with E-state index in [0.29, 0.717) is 39.3 Å². The zero-order valence-corrected chi connectivity index (χ0v) is 63.2. The number of nitrogens with zero attached hydrogens (tertiary/aromatic N) is 8. The normalized spacial score (nSPS) is 27.1. The summed E-state index contributed by atoms with van der Waals surface area (Å²) in [6, 6.07) is -14.8. The maximum absolute atomic E-state index is 15.4. The van der Waals surface area contributed by atoms with E-state index in [1.165, 1.54) is 96.6 Å². The lowest BCUT2D eigenvalue weighted by Gasteiger charge is -2.41. The molecule has 2 rings (SSSR count). The summed E-state index contributed by atoms with van der Waals surface area (Å²) in [6.45, 7) is 31.4. The lowest BCUT2D eigenvalue weighted by atomic mass is 9.91. The first kappa shape index (κ1) is 86.8. The molecule has 2 saturated heterocycles. The van der Waals surface area contributed by atoms with E-state index < -0.39 is 168 Å². The Morgan fingerprint density at radius 1 is 0.536 bits per heavy atom. The molecule has 97 heavy (non-hydrogen) atoms. The molecule has 0 bridgehead atoms. The van der Waals surface area contributed by atoms with Crippen LogP contribution in [0.5, 0.6) is 0 Å². The van der Waals surface area contributed by atoms with Gasteiger partial charge in [0.15, 0.2) is 0 Å². The Morgan fingerprint density at radius 3 is 1.48 bits per heavy atom. The van der Waals surface area contributed by atoms with Crippen LogP contribution in [-0.4, -0.2) is 288 Å². The van der Waals surface area contributed by atoms with Gasteiger partial charge in [-0.15, -0.1) is 0 Å². The van der Waals surface area contributed by atoms with Crippen molar-refractivity contribution in [3.8, 4) is 0 Å². The predicted octanol–water partition coefficient (Wildman–Crippen LogP) is 2.49. The van der Waals surface area contributed by atoms with Gasteiger partial charge in [-0.25, -0.2) is 0 Å². The molecule has 27 nitrogen and oxygen atoms in total. The summed E-state index contributed by atoms with van der Waals surface area (Å²) >= 11 is 0. The minimum absolute atomic E-state index is 0.00497. The van der Waals surface area contributed by atoms with Crippen LogP contribution in [0, 0.1) is 35.5 Å². The average molecular weight is 1380 g/mol. The predicted molar refractivity (Wildman–Crippen MR) is 372 cm³/mol. The van der Waals surface area contributed by atoms with Crippen LogP contribution in [-0.2, 0) is 62.2 Å². The first-order chi connectivity index (χ1) is 45.0. The molecule has 2 aliphatic rings. The van der Waals surface area contributed by atoms with Gasteiger partial charge in [-0.1, -0.05) is 102 Å². The third-order valence-electron chi connectivity index (χ3n) is 18.5. The molecule has 0 saturated carbocycles. The number of ether oxygens (including phenoxy) is 2. The zero-order chi connectivity index (χ0) is 74.4. The molecular formula is C70H126N12O15. The second kappa shape index (κ2) is 40.1. The van der Waals surface area contributed by atoms with Gasteiger partial charge in [0.25, 0.3) is 0 Å². The first-order valence-electron chi connectivity index (χ1n) is 35.0. The number of rotatable bonds is 21. The number of nitrogens with one attached hydrogen (secondary N) is 4. The maximum Gasteiger partial charge on any atom is 0.248 e. The molecule has 2 aliphatic heterocycles. The van der Waals surface area contributed by atoms with Gasteiger partial charge in [0.05, 0.1) is 38.1 Å². The minimum atomic E-state index is -1.68. The van der Waals surface area contributed by atoms with Gasteiger partial charge in [-0.3, -0.25) is 57.6 Å². The smallest absolute Gasteiger partial charge is 0.248 e. The fourth-order valence-electron chi connectivity index (χ4n) is 12.4.